The molecule has 0 radical (unpaired) electrons. The molecular formula is C18H21N3O4. The van der Waals surface area contributed by atoms with E-state index in [2.05, 4.69) is 31.4 Å². The summed E-state index contributed by atoms with van der Waals surface area (Å²) in [5.41, 5.74) is 1.95. The molecule has 132 valence electrons. The van der Waals surface area contributed by atoms with Gasteiger partial charge in [-0.25, -0.2) is 4.79 Å². The van der Waals surface area contributed by atoms with Crippen molar-refractivity contribution in [2.75, 3.05) is 17.7 Å². The van der Waals surface area contributed by atoms with Crippen LogP contribution in [0.4, 0.5) is 21.9 Å². The summed E-state index contributed by atoms with van der Waals surface area (Å²) in [7, 11) is 1.53. The molecule has 2 rings (SSSR count). The van der Waals surface area contributed by atoms with Crippen LogP contribution in [0.3, 0.4) is 0 Å². The fourth-order valence-electron chi connectivity index (χ4n) is 2.22. The highest BCUT2D eigenvalue weighted by Crippen LogP contribution is 2.31. The number of methoxy groups -OCH3 is 1. The lowest BCUT2D eigenvalue weighted by Crippen LogP contribution is -2.20. The lowest BCUT2D eigenvalue weighted by atomic mass is 9.87. The number of rotatable bonds is 4. The van der Waals surface area contributed by atoms with E-state index in [-0.39, 0.29) is 11.1 Å². The van der Waals surface area contributed by atoms with E-state index >= 15 is 0 Å². The Labute approximate surface area is 146 Å². The number of anilines is 2. The third-order valence-electron chi connectivity index (χ3n) is 3.65. The zero-order valence-corrected chi connectivity index (χ0v) is 14.6. The average molecular weight is 343 g/mol. The zero-order chi connectivity index (χ0) is 18.6. The van der Waals surface area contributed by atoms with Crippen LogP contribution in [0.2, 0.25) is 0 Å². The maximum atomic E-state index is 12.2. The average Bonchev–Trinajstić information content (AvgIpc) is 2.54. The Morgan fingerprint density at radius 2 is 1.72 bits per heavy atom. The Morgan fingerprint density at radius 1 is 1.08 bits per heavy atom. The van der Waals surface area contributed by atoms with Crippen LogP contribution in [0.5, 0.6) is 5.75 Å². The van der Waals surface area contributed by atoms with E-state index < -0.39 is 11.0 Å². The van der Waals surface area contributed by atoms with Gasteiger partial charge in [-0.15, -0.1) is 0 Å². The number of carbonyl (C=O) groups excluding carboxylic acids is 1. The summed E-state index contributed by atoms with van der Waals surface area (Å²) in [6.07, 6.45) is 0. The Kier molecular flexibility index (Phi) is 5.26. The van der Waals surface area contributed by atoms with E-state index in [1.165, 1.54) is 31.4 Å². The van der Waals surface area contributed by atoms with Gasteiger partial charge in [-0.2, -0.15) is 0 Å². The highest BCUT2D eigenvalue weighted by molar-refractivity contribution is 6.00. The smallest absolute Gasteiger partial charge is 0.323 e. The summed E-state index contributed by atoms with van der Waals surface area (Å²) in [5.74, 6) is 0.548. The number of ether oxygens (including phenoxy) is 1. The number of carbonyl (C=O) groups is 1. The monoisotopic (exact) mass is 343 g/mol. The SMILES string of the molecule is COc1ccc(C(C)(C)C)cc1NC(=O)Nc1ccc([N+](=O)[O-])cc1. The first-order chi connectivity index (χ1) is 11.7. The molecular weight excluding hydrogens is 322 g/mol. The van der Waals surface area contributed by atoms with Gasteiger partial charge in [-0.05, 0) is 35.2 Å². The highest BCUT2D eigenvalue weighted by Gasteiger charge is 2.17. The second-order valence-electron chi connectivity index (χ2n) is 6.55. The Hall–Kier alpha value is -3.09. The number of nitrogens with one attached hydrogen (secondary N) is 2. The van der Waals surface area contributed by atoms with Crippen molar-refractivity contribution in [3.05, 3.63) is 58.1 Å². The molecule has 25 heavy (non-hydrogen) atoms. The van der Waals surface area contributed by atoms with Crippen LogP contribution < -0.4 is 15.4 Å². The fourth-order valence-corrected chi connectivity index (χ4v) is 2.22. The molecule has 0 saturated carbocycles. The first-order valence-corrected chi connectivity index (χ1v) is 7.71. The third-order valence-corrected chi connectivity index (χ3v) is 3.65. The molecule has 0 atom stereocenters. The second kappa shape index (κ2) is 7.21. The van der Waals surface area contributed by atoms with Gasteiger partial charge in [0.05, 0.1) is 17.7 Å². The third kappa shape index (κ3) is 4.69. The van der Waals surface area contributed by atoms with Crippen LogP contribution in [0, 0.1) is 10.1 Å². The molecule has 0 aromatic heterocycles. The number of hydrogen-bond acceptors (Lipinski definition) is 4. The number of hydrogen-bond donors (Lipinski definition) is 2. The van der Waals surface area contributed by atoms with E-state index in [1.807, 2.05) is 18.2 Å². The standard InChI is InChI=1S/C18H21N3O4/c1-18(2,3)12-5-10-16(25-4)15(11-12)20-17(22)19-13-6-8-14(9-7-13)21(23)24/h5-11H,1-4H3,(H2,19,20,22). The number of amides is 2. The summed E-state index contributed by atoms with van der Waals surface area (Å²) >= 11 is 0. The van der Waals surface area contributed by atoms with Gasteiger partial charge in [0.15, 0.2) is 0 Å². The minimum absolute atomic E-state index is 0.0366. The summed E-state index contributed by atoms with van der Waals surface area (Å²) in [6, 6.07) is 10.8. The summed E-state index contributed by atoms with van der Waals surface area (Å²) in [6.45, 7) is 6.24. The van der Waals surface area contributed by atoms with Gasteiger partial charge in [0.1, 0.15) is 5.75 Å². The Morgan fingerprint density at radius 3 is 2.24 bits per heavy atom. The minimum atomic E-state index is -0.493. The van der Waals surface area contributed by atoms with Crippen LogP contribution in [0.15, 0.2) is 42.5 Å². The summed E-state index contributed by atoms with van der Waals surface area (Å²) in [4.78, 5) is 22.4. The van der Waals surface area contributed by atoms with Crippen LogP contribution >= 0.6 is 0 Å². The van der Waals surface area contributed by atoms with Gasteiger partial charge >= 0.3 is 6.03 Å². The number of urea groups is 1. The normalized spacial score (nSPS) is 10.9. The molecule has 2 amide bonds. The van der Waals surface area contributed by atoms with Crippen molar-refractivity contribution >= 4 is 23.1 Å². The molecule has 0 spiro atoms. The predicted molar refractivity (Wildman–Crippen MR) is 97.4 cm³/mol. The van der Waals surface area contributed by atoms with Gasteiger partial charge in [0, 0.05) is 17.8 Å². The van der Waals surface area contributed by atoms with Crippen molar-refractivity contribution < 1.29 is 14.5 Å². The quantitative estimate of drug-likeness (QED) is 0.629. The number of nitro groups is 1. The Bertz CT molecular complexity index is 780. The first kappa shape index (κ1) is 18.3. The molecule has 7 nitrogen and oxygen atoms in total. The van der Waals surface area contributed by atoms with Crippen molar-refractivity contribution in [2.45, 2.75) is 26.2 Å². The van der Waals surface area contributed by atoms with Crippen molar-refractivity contribution in [3.8, 4) is 5.75 Å². The molecule has 7 heteroatoms. The van der Waals surface area contributed by atoms with Crippen LogP contribution in [0.25, 0.3) is 0 Å². The molecule has 2 aromatic carbocycles. The Balaban J connectivity index is 2.15. The lowest BCUT2D eigenvalue weighted by Gasteiger charge is -2.21. The van der Waals surface area contributed by atoms with Crippen LogP contribution in [-0.2, 0) is 5.41 Å². The number of non-ortho nitro benzene ring substituents is 1. The molecule has 0 bridgehead atoms. The van der Waals surface area contributed by atoms with Gasteiger partial charge < -0.3 is 15.4 Å². The molecule has 2 N–H and O–H groups in total. The highest BCUT2D eigenvalue weighted by atomic mass is 16.6. The topological polar surface area (TPSA) is 93.5 Å². The molecule has 0 unspecified atom stereocenters. The molecule has 0 fully saturated rings. The molecule has 0 heterocycles. The van der Waals surface area contributed by atoms with Gasteiger partial charge in [-0.1, -0.05) is 26.8 Å². The van der Waals surface area contributed by atoms with Crippen molar-refractivity contribution in [2.24, 2.45) is 0 Å². The van der Waals surface area contributed by atoms with Crippen molar-refractivity contribution in [1.82, 2.24) is 0 Å². The van der Waals surface area contributed by atoms with Crippen molar-refractivity contribution in [1.29, 1.82) is 0 Å². The van der Waals surface area contributed by atoms with E-state index in [0.29, 0.717) is 17.1 Å². The minimum Gasteiger partial charge on any atom is -0.495 e. The van der Waals surface area contributed by atoms with Gasteiger partial charge in [0.2, 0.25) is 0 Å². The lowest BCUT2D eigenvalue weighted by molar-refractivity contribution is -0.384. The molecule has 0 saturated heterocycles. The second-order valence-corrected chi connectivity index (χ2v) is 6.55. The first-order valence-electron chi connectivity index (χ1n) is 7.71. The largest absolute Gasteiger partial charge is 0.495 e. The number of nitro benzene ring substituents is 1. The summed E-state index contributed by atoms with van der Waals surface area (Å²) < 4.78 is 5.29. The van der Waals surface area contributed by atoms with E-state index in [9.17, 15) is 14.9 Å². The van der Waals surface area contributed by atoms with Gasteiger partial charge in [-0.3, -0.25) is 10.1 Å². The van der Waals surface area contributed by atoms with Crippen LogP contribution in [-0.4, -0.2) is 18.1 Å². The van der Waals surface area contributed by atoms with E-state index in [4.69, 9.17) is 4.74 Å². The molecule has 2 aromatic rings. The summed E-state index contributed by atoms with van der Waals surface area (Å²) in [5, 5.41) is 16.0. The van der Waals surface area contributed by atoms with E-state index in [1.54, 1.807) is 0 Å². The molecule has 0 aliphatic rings. The van der Waals surface area contributed by atoms with E-state index in [0.717, 1.165) is 5.56 Å². The number of nitrogens with zero attached hydrogens (tertiary/aromatic N) is 1. The fraction of sp³-hybridized carbons (Fsp3) is 0.278. The van der Waals surface area contributed by atoms with Gasteiger partial charge in [0.25, 0.3) is 5.69 Å². The predicted octanol–water partition coefficient (Wildman–Crippen LogP) is 4.54. The zero-order valence-electron chi connectivity index (χ0n) is 14.6. The van der Waals surface area contributed by atoms with Crippen LogP contribution in [0.1, 0.15) is 26.3 Å². The molecule has 0 aliphatic heterocycles. The van der Waals surface area contributed by atoms with Crippen molar-refractivity contribution in [3.63, 3.8) is 0 Å². The number of benzene rings is 2. The maximum absolute atomic E-state index is 12.2. The molecule has 0 aliphatic carbocycles. The maximum Gasteiger partial charge on any atom is 0.323 e.